The van der Waals surface area contributed by atoms with Crippen LogP contribution in [-0.2, 0) is 0 Å². The zero-order chi connectivity index (χ0) is 17.9. The van der Waals surface area contributed by atoms with Crippen molar-refractivity contribution in [3.05, 3.63) is 65.5 Å². The number of pyridine rings is 1. The van der Waals surface area contributed by atoms with Gasteiger partial charge in [0.1, 0.15) is 6.10 Å². The van der Waals surface area contributed by atoms with Crippen LogP contribution in [0, 0.1) is 0 Å². The lowest BCUT2D eigenvalue weighted by molar-refractivity contribution is 0.0752. The molecule has 0 aliphatic rings. The fourth-order valence-corrected chi connectivity index (χ4v) is 2.88. The molecule has 1 heterocycles. The molecule has 0 saturated carbocycles. The Morgan fingerprint density at radius 2 is 1.46 bits per heavy atom. The van der Waals surface area contributed by atoms with Gasteiger partial charge in [0.15, 0.2) is 0 Å². The van der Waals surface area contributed by atoms with Gasteiger partial charge in [-0.3, -0.25) is 9.88 Å². The summed E-state index contributed by atoms with van der Waals surface area (Å²) in [6.45, 7) is 7.49. The first-order valence-corrected chi connectivity index (χ1v) is 7.92. The molecule has 1 aromatic heterocycles. The zero-order valence-corrected chi connectivity index (χ0v) is 14.5. The molecule has 0 spiro atoms. The lowest BCUT2D eigenvalue weighted by Crippen LogP contribution is -2.46. The molecule has 1 amide bonds. The van der Waals surface area contributed by atoms with E-state index in [-0.39, 0.29) is 6.04 Å². The molecule has 2 aromatic rings. The van der Waals surface area contributed by atoms with Crippen LogP contribution < -0.4 is 0 Å². The van der Waals surface area contributed by atoms with Gasteiger partial charge in [-0.1, -0.05) is 24.3 Å². The van der Waals surface area contributed by atoms with E-state index in [2.05, 4.69) is 4.98 Å². The summed E-state index contributed by atoms with van der Waals surface area (Å²) in [7, 11) is 0. The van der Waals surface area contributed by atoms with Gasteiger partial charge >= 0.3 is 6.09 Å². The quantitative estimate of drug-likeness (QED) is 0.889. The Hall–Kier alpha value is -2.40. The van der Waals surface area contributed by atoms with Gasteiger partial charge in [-0.05, 0) is 56.5 Å². The van der Waals surface area contributed by atoms with Crippen LogP contribution >= 0.6 is 0 Å². The smallest absolute Gasteiger partial charge is 0.408 e. The summed E-state index contributed by atoms with van der Waals surface area (Å²) >= 11 is 0. The van der Waals surface area contributed by atoms with E-state index in [0.717, 1.165) is 16.7 Å². The van der Waals surface area contributed by atoms with Crippen molar-refractivity contribution < 1.29 is 15.0 Å². The third-order valence-electron chi connectivity index (χ3n) is 4.07. The van der Waals surface area contributed by atoms with Gasteiger partial charge in [-0.25, -0.2) is 4.79 Å². The van der Waals surface area contributed by atoms with Crippen molar-refractivity contribution in [3.8, 4) is 0 Å². The van der Waals surface area contributed by atoms with Crippen molar-refractivity contribution in [3.63, 3.8) is 0 Å². The number of benzene rings is 1. The van der Waals surface area contributed by atoms with Crippen LogP contribution in [0.25, 0.3) is 0 Å². The minimum atomic E-state index is -0.948. The average Bonchev–Trinajstić information content (AvgIpc) is 2.53. The van der Waals surface area contributed by atoms with Gasteiger partial charge in [0.05, 0.1) is 6.04 Å². The van der Waals surface area contributed by atoms with Crippen molar-refractivity contribution in [2.75, 3.05) is 0 Å². The number of hydrogen-bond acceptors (Lipinski definition) is 3. The molecule has 2 N–H and O–H groups in total. The second kappa shape index (κ2) is 7.01. The molecule has 0 bridgehead atoms. The lowest BCUT2D eigenvalue weighted by atomic mass is 9.96. The molecular formula is C19H24N2O3. The third-order valence-corrected chi connectivity index (χ3v) is 4.07. The maximum atomic E-state index is 11.6. The van der Waals surface area contributed by atoms with E-state index in [0.29, 0.717) is 0 Å². The van der Waals surface area contributed by atoms with Crippen molar-refractivity contribution in [2.24, 2.45) is 0 Å². The summed E-state index contributed by atoms with van der Waals surface area (Å²) in [6, 6.07) is 10.7. The van der Waals surface area contributed by atoms with E-state index in [1.807, 2.05) is 52.0 Å². The molecule has 2 rings (SSSR count). The van der Waals surface area contributed by atoms with Crippen molar-refractivity contribution in [1.29, 1.82) is 0 Å². The van der Waals surface area contributed by atoms with Gasteiger partial charge in [-0.15, -0.1) is 0 Å². The third kappa shape index (κ3) is 3.92. The molecule has 0 aliphatic heterocycles. The predicted molar refractivity (Wildman–Crippen MR) is 92.8 cm³/mol. The zero-order valence-electron chi connectivity index (χ0n) is 14.5. The molecule has 1 aromatic carbocycles. The highest BCUT2D eigenvalue weighted by Crippen LogP contribution is 2.29. The molecular weight excluding hydrogens is 304 g/mol. The number of hydrogen-bond donors (Lipinski definition) is 2. The molecule has 0 fully saturated rings. The summed E-state index contributed by atoms with van der Waals surface area (Å²) in [5, 5.41) is 19.9. The van der Waals surface area contributed by atoms with Crippen LogP contribution in [0.15, 0.2) is 48.8 Å². The Kier molecular flexibility index (Phi) is 5.24. The highest BCUT2D eigenvalue weighted by atomic mass is 16.4. The van der Waals surface area contributed by atoms with Crippen LogP contribution in [0.1, 0.15) is 56.5 Å². The number of aliphatic hydroxyl groups excluding tert-OH is 1. The Bertz CT molecular complexity index is 678. The Balaban J connectivity index is 2.24. The molecule has 5 nitrogen and oxygen atoms in total. The van der Waals surface area contributed by atoms with Crippen LogP contribution in [0.4, 0.5) is 4.79 Å². The van der Waals surface area contributed by atoms with Crippen LogP contribution in [0.3, 0.4) is 0 Å². The van der Waals surface area contributed by atoms with E-state index < -0.39 is 17.7 Å². The normalized spacial score (nSPS) is 14.0. The molecule has 0 saturated heterocycles. The predicted octanol–water partition coefficient (Wildman–Crippen LogP) is 4.00. The summed E-state index contributed by atoms with van der Waals surface area (Å²) in [5.74, 6) is 0. The van der Waals surface area contributed by atoms with E-state index in [1.165, 1.54) is 4.90 Å². The van der Waals surface area contributed by atoms with Crippen molar-refractivity contribution in [1.82, 2.24) is 9.88 Å². The van der Waals surface area contributed by atoms with Crippen molar-refractivity contribution in [2.45, 2.75) is 45.4 Å². The van der Waals surface area contributed by atoms with Gasteiger partial charge in [0.2, 0.25) is 0 Å². The monoisotopic (exact) mass is 328 g/mol. The molecule has 2 atom stereocenters. The van der Waals surface area contributed by atoms with Crippen LogP contribution in [0.5, 0.6) is 0 Å². The number of carboxylic acid groups (broad SMARTS) is 1. The highest BCUT2D eigenvalue weighted by Gasteiger charge is 2.31. The Morgan fingerprint density at radius 1 is 1.00 bits per heavy atom. The first-order chi connectivity index (χ1) is 11.2. The second-order valence-corrected chi connectivity index (χ2v) is 6.85. The first kappa shape index (κ1) is 17.9. The second-order valence-electron chi connectivity index (χ2n) is 6.85. The number of nitrogens with zero attached hydrogens (tertiary/aromatic N) is 2. The molecule has 0 radical (unpaired) electrons. The fourth-order valence-electron chi connectivity index (χ4n) is 2.88. The van der Waals surface area contributed by atoms with E-state index >= 15 is 0 Å². The van der Waals surface area contributed by atoms with Crippen LogP contribution in [-0.4, -0.2) is 31.7 Å². The SMILES string of the molecule is C[C@@H](c1ccc(C(O)c2ccncc2)cc1)N(C(=O)O)C(C)(C)C. The minimum Gasteiger partial charge on any atom is -0.465 e. The molecule has 5 heteroatoms. The number of rotatable bonds is 4. The highest BCUT2D eigenvalue weighted by molar-refractivity contribution is 5.66. The standard InChI is InChI=1S/C19H24N2O3/c1-13(21(18(23)24)19(2,3)4)14-5-7-15(8-6-14)17(22)16-9-11-20-12-10-16/h5-13,17,22H,1-4H3,(H,23,24)/t13-,17?/m0/s1. The summed E-state index contributed by atoms with van der Waals surface area (Å²) in [4.78, 5) is 17.0. The van der Waals surface area contributed by atoms with E-state index in [4.69, 9.17) is 0 Å². The summed E-state index contributed by atoms with van der Waals surface area (Å²) < 4.78 is 0. The first-order valence-electron chi connectivity index (χ1n) is 7.92. The van der Waals surface area contributed by atoms with E-state index in [9.17, 15) is 15.0 Å². The van der Waals surface area contributed by atoms with Crippen LogP contribution in [0.2, 0.25) is 0 Å². The topological polar surface area (TPSA) is 73.7 Å². The van der Waals surface area contributed by atoms with E-state index in [1.54, 1.807) is 24.5 Å². The largest absolute Gasteiger partial charge is 0.465 e. The Morgan fingerprint density at radius 3 is 1.92 bits per heavy atom. The molecule has 0 aliphatic carbocycles. The summed E-state index contributed by atoms with van der Waals surface area (Å²) in [5.41, 5.74) is 1.92. The Labute approximate surface area is 142 Å². The fraction of sp³-hybridized carbons (Fsp3) is 0.368. The molecule has 1 unspecified atom stereocenters. The maximum absolute atomic E-state index is 11.6. The number of carbonyl (C=O) groups is 1. The minimum absolute atomic E-state index is 0.283. The molecule has 24 heavy (non-hydrogen) atoms. The van der Waals surface area contributed by atoms with Gasteiger partial charge in [0.25, 0.3) is 0 Å². The number of aliphatic hydroxyl groups is 1. The average molecular weight is 328 g/mol. The molecule has 128 valence electrons. The van der Waals surface area contributed by atoms with Gasteiger partial charge in [0, 0.05) is 17.9 Å². The lowest BCUT2D eigenvalue weighted by Gasteiger charge is -2.38. The maximum Gasteiger partial charge on any atom is 0.408 e. The number of aromatic nitrogens is 1. The van der Waals surface area contributed by atoms with Crippen molar-refractivity contribution >= 4 is 6.09 Å². The number of amides is 1. The van der Waals surface area contributed by atoms with Gasteiger partial charge in [-0.2, -0.15) is 0 Å². The summed E-state index contributed by atoms with van der Waals surface area (Å²) in [6.07, 6.45) is 1.61. The van der Waals surface area contributed by atoms with Gasteiger partial charge < -0.3 is 10.2 Å².